The molecule has 3 aromatic rings. The summed E-state index contributed by atoms with van der Waals surface area (Å²) in [6.45, 7) is 2.46. The lowest BCUT2D eigenvalue weighted by molar-refractivity contribution is 0.0375. The third-order valence-corrected chi connectivity index (χ3v) is 3.85. The maximum atomic E-state index is 5.87. The van der Waals surface area contributed by atoms with E-state index in [1.807, 2.05) is 6.07 Å². The molecule has 0 saturated heterocycles. The molecular formula is C16H16N4O3. The van der Waals surface area contributed by atoms with E-state index < -0.39 is 0 Å². The van der Waals surface area contributed by atoms with Gasteiger partial charge in [-0.1, -0.05) is 34.6 Å². The van der Waals surface area contributed by atoms with E-state index in [4.69, 9.17) is 13.8 Å². The van der Waals surface area contributed by atoms with Crippen molar-refractivity contribution in [2.24, 2.45) is 0 Å². The van der Waals surface area contributed by atoms with Gasteiger partial charge in [-0.25, -0.2) is 0 Å². The Morgan fingerprint density at radius 3 is 2.78 bits per heavy atom. The first kappa shape index (κ1) is 14.1. The van der Waals surface area contributed by atoms with Crippen molar-refractivity contribution in [2.75, 3.05) is 6.61 Å². The van der Waals surface area contributed by atoms with Gasteiger partial charge in [0, 0.05) is 6.92 Å². The molecule has 118 valence electrons. The predicted molar refractivity (Wildman–Crippen MR) is 78.7 cm³/mol. The molecule has 23 heavy (non-hydrogen) atoms. The Morgan fingerprint density at radius 2 is 1.91 bits per heavy atom. The molecule has 0 spiro atoms. The highest BCUT2D eigenvalue weighted by molar-refractivity contribution is 5.31. The lowest BCUT2D eigenvalue weighted by Gasteiger charge is -2.24. The molecule has 0 aliphatic carbocycles. The molecule has 1 aliphatic rings. The summed E-state index contributed by atoms with van der Waals surface area (Å²) in [7, 11) is 0. The van der Waals surface area contributed by atoms with Gasteiger partial charge in [0.2, 0.25) is 11.8 Å². The van der Waals surface area contributed by atoms with Crippen LogP contribution in [0.1, 0.15) is 40.7 Å². The molecule has 3 heterocycles. The topological polar surface area (TPSA) is 87.1 Å². The Balaban J connectivity index is 1.48. The number of aromatic nitrogens is 4. The van der Waals surface area contributed by atoms with Crippen molar-refractivity contribution in [3.05, 3.63) is 58.8 Å². The van der Waals surface area contributed by atoms with Crippen LogP contribution >= 0.6 is 0 Å². The monoisotopic (exact) mass is 312 g/mol. The van der Waals surface area contributed by atoms with Crippen LogP contribution in [-0.4, -0.2) is 26.9 Å². The standard InChI is InChI=1S/C16H16N4O3/c1-10-17-14(19-22-10)9-15-18-16(23-20-15)8-13-12-5-3-2-4-11(12)6-7-21-13/h2-5,13H,6-9H2,1H3. The highest BCUT2D eigenvalue weighted by Crippen LogP contribution is 2.29. The molecule has 4 rings (SSSR count). The van der Waals surface area contributed by atoms with Gasteiger partial charge < -0.3 is 13.8 Å². The van der Waals surface area contributed by atoms with Crippen molar-refractivity contribution >= 4 is 0 Å². The fourth-order valence-electron chi connectivity index (χ4n) is 2.80. The van der Waals surface area contributed by atoms with E-state index in [0.29, 0.717) is 42.9 Å². The molecule has 1 unspecified atom stereocenters. The van der Waals surface area contributed by atoms with Crippen LogP contribution in [-0.2, 0) is 24.0 Å². The molecule has 1 aliphatic heterocycles. The SMILES string of the molecule is Cc1nc(Cc2noc(CC3OCCc4ccccc43)n2)no1. The second-order valence-electron chi connectivity index (χ2n) is 5.52. The van der Waals surface area contributed by atoms with Crippen LogP contribution in [0.2, 0.25) is 0 Å². The number of aryl methyl sites for hydroxylation is 1. The minimum Gasteiger partial charge on any atom is -0.373 e. The maximum absolute atomic E-state index is 5.87. The molecule has 0 bridgehead atoms. The smallest absolute Gasteiger partial charge is 0.229 e. The van der Waals surface area contributed by atoms with Gasteiger partial charge in [0.25, 0.3) is 0 Å². The van der Waals surface area contributed by atoms with Gasteiger partial charge in [-0.3, -0.25) is 0 Å². The van der Waals surface area contributed by atoms with Crippen LogP contribution in [0, 0.1) is 6.92 Å². The van der Waals surface area contributed by atoms with Crippen LogP contribution in [0.3, 0.4) is 0 Å². The Kier molecular flexibility index (Phi) is 3.63. The molecule has 0 fully saturated rings. The lowest BCUT2D eigenvalue weighted by atomic mass is 9.96. The summed E-state index contributed by atoms with van der Waals surface area (Å²) in [5.41, 5.74) is 2.53. The average molecular weight is 312 g/mol. The van der Waals surface area contributed by atoms with E-state index in [2.05, 4.69) is 38.5 Å². The normalized spacial score (nSPS) is 17.2. The molecule has 2 aromatic heterocycles. The van der Waals surface area contributed by atoms with E-state index in [0.717, 1.165) is 6.42 Å². The lowest BCUT2D eigenvalue weighted by Crippen LogP contribution is -2.18. The number of benzene rings is 1. The first-order valence-corrected chi connectivity index (χ1v) is 7.58. The highest BCUT2D eigenvalue weighted by atomic mass is 16.5. The third-order valence-electron chi connectivity index (χ3n) is 3.85. The van der Waals surface area contributed by atoms with Gasteiger partial charge in [-0.05, 0) is 17.5 Å². The molecule has 0 N–H and O–H groups in total. The maximum Gasteiger partial charge on any atom is 0.229 e. The second kappa shape index (κ2) is 5.92. The summed E-state index contributed by atoms with van der Waals surface area (Å²) in [5.74, 6) is 2.18. The summed E-state index contributed by atoms with van der Waals surface area (Å²) in [6.07, 6.45) is 1.86. The molecule has 0 saturated carbocycles. The predicted octanol–water partition coefficient (Wildman–Crippen LogP) is 2.21. The molecule has 0 amide bonds. The number of nitrogens with zero attached hydrogens (tertiary/aromatic N) is 4. The largest absolute Gasteiger partial charge is 0.373 e. The van der Waals surface area contributed by atoms with Crippen molar-refractivity contribution in [2.45, 2.75) is 32.3 Å². The Bertz CT molecular complexity index is 811. The minimum absolute atomic E-state index is 0.0410. The Hall–Kier alpha value is -2.54. The zero-order chi connectivity index (χ0) is 15.6. The average Bonchev–Trinajstić information content (AvgIpc) is 3.17. The molecule has 1 aromatic carbocycles. The summed E-state index contributed by atoms with van der Waals surface area (Å²) >= 11 is 0. The number of hydrogen-bond acceptors (Lipinski definition) is 7. The zero-order valence-corrected chi connectivity index (χ0v) is 12.7. The molecule has 7 nitrogen and oxygen atoms in total. The van der Waals surface area contributed by atoms with Crippen molar-refractivity contribution < 1.29 is 13.8 Å². The van der Waals surface area contributed by atoms with Crippen LogP contribution < -0.4 is 0 Å². The number of rotatable bonds is 4. The quantitative estimate of drug-likeness (QED) is 0.729. The second-order valence-corrected chi connectivity index (χ2v) is 5.52. The summed E-state index contributed by atoms with van der Waals surface area (Å²) in [5, 5.41) is 7.81. The van der Waals surface area contributed by atoms with E-state index >= 15 is 0 Å². The minimum atomic E-state index is -0.0410. The molecule has 1 atom stereocenters. The first-order chi connectivity index (χ1) is 11.3. The fraction of sp³-hybridized carbons (Fsp3) is 0.375. The van der Waals surface area contributed by atoms with E-state index in [-0.39, 0.29) is 6.10 Å². The van der Waals surface area contributed by atoms with Gasteiger partial charge in [0.15, 0.2) is 11.6 Å². The summed E-state index contributed by atoms with van der Waals surface area (Å²) < 4.78 is 16.1. The zero-order valence-electron chi connectivity index (χ0n) is 12.7. The van der Waals surface area contributed by atoms with Gasteiger partial charge >= 0.3 is 0 Å². The molecule has 0 radical (unpaired) electrons. The number of ether oxygens (including phenoxy) is 1. The third kappa shape index (κ3) is 3.00. The number of fused-ring (bicyclic) bond motifs is 1. The fourth-order valence-corrected chi connectivity index (χ4v) is 2.80. The van der Waals surface area contributed by atoms with Crippen molar-refractivity contribution in [1.29, 1.82) is 0 Å². The van der Waals surface area contributed by atoms with Gasteiger partial charge in [0.1, 0.15) is 0 Å². The van der Waals surface area contributed by atoms with Crippen LogP contribution in [0.5, 0.6) is 0 Å². The van der Waals surface area contributed by atoms with Crippen LogP contribution in [0.15, 0.2) is 33.3 Å². The van der Waals surface area contributed by atoms with E-state index in [1.54, 1.807) is 6.92 Å². The van der Waals surface area contributed by atoms with Gasteiger partial charge in [0.05, 0.1) is 25.6 Å². The summed E-state index contributed by atoms with van der Waals surface area (Å²) in [6, 6.07) is 8.32. The Labute approximate surface area is 132 Å². The van der Waals surface area contributed by atoms with Crippen LogP contribution in [0.25, 0.3) is 0 Å². The highest BCUT2D eigenvalue weighted by Gasteiger charge is 2.23. The molecule has 7 heteroatoms. The van der Waals surface area contributed by atoms with Crippen molar-refractivity contribution in [3.63, 3.8) is 0 Å². The van der Waals surface area contributed by atoms with Gasteiger partial charge in [-0.15, -0.1) is 0 Å². The molecular weight excluding hydrogens is 296 g/mol. The number of hydrogen-bond donors (Lipinski definition) is 0. The van der Waals surface area contributed by atoms with Crippen LogP contribution in [0.4, 0.5) is 0 Å². The Morgan fingerprint density at radius 1 is 1.09 bits per heavy atom. The van der Waals surface area contributed by atoms with E-state index in [9.17, 15) is 0 Å². The summed E-state index contributed by atoms with van der Waals surface area (Å²) in [4.78, 5) is 8.54. The van der Waals surface area contributed by atoms with Crippen molar-refractivity contribution in [3.8, 4) is 0 Å². The van der Waals surface area contributed by atoms with Crippen molar-refractivity contribution in [1.82, 2.24) is 20.3 Å². The first-order valence-electron chi connectivity index (χ1n) is 7.58. The van der Waals surface area contributed by atoms with Gasteiger partial charge in [-0.2, -0.15) is 9.97 Å². The van der Waals surface area contributed by atoms with E-state index in [1.165, 1.54) is 11.1 Å².